The monoisotopic (exact) mass is 486 g/mol. The van der Waals surface area contributed by atoms with Crippen LogP contribution in [0, 0.1) is 6.07 Å². The average Bonchev–Trinajstić information content (AvgIpc) is 3.12. The summed E-state index contributed by atoms with van der Waals surface area (Å²) in [6.45, 7) is 0. The number of imidazole rings is 1. The zero-order chi connectivity index (χ0) is 15.2. The number of hydrogen-bond acceptors (Lipinski definition) is 1. The van der Waals surface area contributed by atoms with Gasteiger partial charge in [0.25, 0.3) is 0 Å². The standard InChI is InChI=1S/C21H13N2.Ir/c1-2-7-15(8-3-1)16-10-6-11-18-20(16)17-9-4-5-12-19(17)23-14-13-22-21(18)23;/h1-10,12-14H;/q-1;. The van der Waals surface area contributed by atoms with Crippen molar-refractivity contribution in [3.8, 4) is 11.1 Å². The van der Waals surface area contributed by atoms with Gasteiger partial charge >= 0.3 is 0 Å². The Hall–Kier alpha value is -2.48. The van der Waals surface area contributed by atoms with Crippen LogP contribution >= 0.6 is 0 Å². The van der Waals surface area contributed by atoms with Crippen LogP contribution in [-0.2, 0) is 20.1 Å². The first-order valence-corrected chi connectivity index (χ1v) is 7.67. The number of pyridine rings is 1. The topological polar surface area (TPSA) is 17.3 Å². The van der Waals surface area contributed by atoms with Gasteiger partial charge in [0.2, 0.25) is 0 Å². The smallest absolute Gasteiger partial charge is 0.0608 e. The fraction of sp³-hybridized carbons (Fsp3) is 0. The number of hydrogen-bond donors (Lipinski definition) is 0. The maximum absolute atomic E-state index is 4.56. The van der Waals surface area contributed by atoms with Crippen molar-refractivity contribution in [3.05, 3.63) is 85.2 Å². The Morgan fingerprint density at radius 1 is 0.875 bits per heavy atom. The minimum Gasteiger partial charge on any atom is -0.340 e. The third kappa shape index (κ3) is 2.10. The van der Waals surface area contributed by atoms with Crippen molar-refractivity contribution in [2.45, 2.75) is 0 Å². The van der Waals surface area contributed by atoms with Gasteiger partial charge in [0, 0.05) is 38.0 Å². The third-order valence-electron chi connectivity index (χ3n) is 4.38. The molecule has 0 aliphatic carbocycles. The van der Waals surface area contributed by atoms with E-state index in [-0.39, 0.29) is 20.1 Å². The molecule has 3 heteroatoms. The molecule has 2 nitrogen and oxygen atoms in total. The number of benzene rings is 3. The number of rotatable bonds is 1. The summed E-state index contributed by atoms with van der Waals surface area (Å²) >= 11 is 0. The van der Waals surface area contributed by atoms with Crippen molar-refractivity contribution in [1.29, 1.82) is 0 Å². The minimum absolute atomic E-state index is 0. The Morgan fingerprint density at radius 3 is 2.54 bits per heavy atom. The summed E-state index contributed by atoms with van der Waals surface area (Å²) in [6, 6.07) is 26.5. The molecule has 0 N–H and O–H groups in total. The molecule has 0 amide bonds. The molecule has 0 spiro atoms. The van der Waals surface area contributed by atoms with E-state index in [9.17, 15) is 0 Å². The van der Waals surface area contributed by atoms with Crippen LogP contribution in [-0.4, -0.2) is 9.38 Å². The zero-order valence-corrected chi connectivity index (χ0v) is 15.1. The molecule has 0 unspecified atom stereocenters. The molecule has 0 aliphatic heterocycles. The Morgan fingerprint density at radius 2 is 1.67 bits per heavy atom. The molecule has 0 atom stereocenters. The summed E-state index contributed by atoms with van der Waals surface area (Å²) < 4.78 is 2.14. The van der Waals surface area contributed by atoms with Crippen molar-refractivity contribution in [3.63, 3.8) is 0 Å². The average molecular weight is 486 g/mol. The van der Waals surface area contributed by atoms with Crippen molar-refractivity contribution in [1.82, 2.24) is 9.38 Å². The van der Waals surface area contributed by atoms with Gasteiger partial charge in [-0.1, -0.05) is 64.9 Å². The second-order valence-electron chi connectivity index (χ2n) is 5.65. The van der Waals surface area contributed by atoms with E-state index in [1.165, 1.54) is 27.4 Å². The Labute approximate surface area is 153 Å². The van der Waals surface area contributed by atoms with Gasteiger partial charge in [0.1, 0.15) is 0 Å². The van der Waals surface area contributed by atoms with Crippen LogP contribution in [0.3, 0.4) is 0 Å². The zero-order valence-electron chi connectivity index (χ0n) is 12.7. The van der Waals surface area contributed by atoms with E-state index < -0.39 is 0 Å². The molecule has 0 fully saturated rings. The van der Waals surface area contributed by atoms with E-state index in [2.05, 4.69) is 70.0 Å². The first-order chi connectivity index (χ1) is 11.4. The van der Waals surface area contributed by atoms with Crippen LogP contribution in [0.5, 0.6) is 0 Å². The van der Waals surface area contributed by atoms with Crippen molar-refractivity contribution < 1.29 is 20.1 Å². The van der Waals surface area contributed by atoms with Gasteiger partial charge < -0.3 is 4.40 Å². The maximum atomic E-state index is 4.56. The third-order valence-corrected chi connectivity index (χ3v) is 4.38. The molecular weight excluding hydrogens is 472 g/mol. The van der Waals surface area contributed by atoms with Gasteiger partial charge in [-0.15, -0.1) is 18.2 Å². The van der Waals surface area contributed by atoms with E-state index in [0.717, 1.165) is 11.0 Å². The van der Waals surface area contributed by atoms with Crippen LogP contribution in [0.1, 0.15) is 0 Å². The van der Waals surface area contributed by atoms with Crippen molar-refractivity contribution in [2.75, 3.05) is 0 Å². The van der Waals surface area contributed by atoms with Gasteiger partial charge in [-0.05, 0) is 17.0 Å². The molecule has 0 aliphatic rings. The maximum Gasteiger partial charge on any atom is 0.0608 e. The van der Waals surface area contributed by atoms with Gasteiger partial charge in [0.05, 0.1) is 5.65 Å². The SMILES string of the molecule is [Ir].[c-]1ccc(-c2ccccc2)c2c1c1nccn1c1ccccc21. The summed E-state index contributed by atoms with van der Waals surface area (Å²) in [6.07, 6.45) is 3.87. The number of para-hydroxylation sites is 1. The predicted octanol–water partition coefficient (Wildman–Crippen LogP) is 5.11. The second-order valence-corrected chi connectivity index (χ2v) is 5.65. The van der Waals surface area contributed by atoms with Gasteiger partial charge in [0.15, 0.2) is 0 Å². The molecule has 117 valence electrons. The van der Waals surface area contributed by atoms with E-state index in [4.69, 9.17) is 0 Å². The Kier molecular flexibility index (Phi) is 3.68. The fourth-order valence-corrected chi connectivity index (χ4v) is 3.39. The van der Waals surface area contributed by atoms with E-state index in [0.29, 0.717) is 0 Å². The van der Waals surface area contributed by atoms with Crippen molar-refractivity contribution >= 4 is 27.3 Å². The Bertz CT molecular complexity index is 1160. The second kappa shape index (κ2) is 5.86. The summed E-state index contributed by atoms with van der Waals surface area (Å²) in [7, 11) is 0. The number of nitrogens with zero attached hydrogens (tertiary/aromatic N) is 2. The summed E-state index contributed by atoms with van der Waals surface area (Å²) in [5.74, 6) is 0. The largest absolute Gasteiger partial charge is 0.340 e. The molecular formula is C21H13IrN2-. The van der Waals surface area contributed by atoms with Crippen LogP contribution in [0.15, 0.2) is 79.1 Å². The molecule has 2 aromatic heterocycles. The molecule has 0 saturated heterocycles. The first kappa shape index (κ1) is 15.1. The number of aromatic nitrogens is 2. The predicted molar refractivity (Wildman–Crippen MR) is 94.5 cm³/mol. The first-order valence-electron chi connectivity index (χ1n) is 7.67. The molecule has 24 heavy (non-hydrogen) atoms. The van der Waals surface area contributed by atoms with Crippen LogP contribution in [0.4, 0.5) is 0 Å². The quantitative estimate of drug-likeness (QED) is 0.238. The summed E-state index contributed by atoms with van der Waals surface area (Å²) in [4.78, 5) is 4.56. The van der Waals surface area contributed by atoms with Gasteiger partial charge in [-0.25, -0.2) is 0 Å². The molecule has 2 heterocycles. The summed E-state index contributed by atoms with van der Waals surface area (Å²) in [5.41, 5.74) is 4.56. The Balaban J connectivity index is 0.00000146. The fourth-order valence-electron chi connectivity index (χ4n) is 3.39. The van der Waals surface area contributed by atoms with Crippen LogP contribution in [0.25, 0.3) is 38.4 Å². The summed E-state index contributed by atoms with van der Waals surface area (Å²) in [5, 5.41) is 3.51. The van der Waals surface area contributed by atoms with Crippen LogP contribution in [0.2, 0.25) is 0 Å². The van der Waals surface area contributed by atoms with Crippen LogP contribution < -0.4 is 0 Å². The van der Waals surface area contributed by atoms with E-state index in [1.807, 2.05) is 24.5 Å². The molecule has 1 radical (unpaired) electrons. The molecule has 0 saturated carbocycles. The minimum atomic E-state index is 0. The van der Waals surface area contributed by atoms with Crippen molar-refractivity contribution in [2.24, 2.45) is 0 Å². The molecule has 5 aromatic rings. The normalized spacial score (nSPS) is 11.0. The van der Waals surface area contributed by atoms with E-state index in [1.54, 1.807) is 0 Å². The molecule has 3 aromatic carbocycles. The van der Waals surface area contributed by atoms with E-state index >= 15 is 0 Å². The molecule has 5 rings (SSSR count). The molecule has 0 bridgehead atoms. The van der Waals surface area contributed by atoms with Gasteiger partial charge in [-0.2, -0.15) is 0 Å². The van der Waals surface area contributed by atoms with Gasteiger partial charge in [-0.3, -0.25) is 4.98 Å². The number of fused-ring (bicyclic) bond motifs is 6.